The minimum absolute atomic E-state index is 0.0273. The maximum absolute atomic E-state index is 13.0. The standard InChI is InChI=1S/C23H31N3O3S/c1-17(2)21-12-8-9-18(3)22(21)24-23(27)19(4)25-13-15-26(16-14-25)30(28,29)20-10-6-5-7-11-20/h5-12,17,19H,13-16H2,1-4H3,(H,24,27)/p+1/t19-/m0/s1. The largest absolute Gasteiger partial charge is 0.323 e. The van der Waals surface area contributed by atoms with Gasteiger partial charge in [0.1, 0.15) is 0 Å². The van der Waals surface area contributed by atoms with E-state index in [0.717, 1.165) is 21.7 Å². The normalized spacial score (nSPS) is 17.1. The van der Waals surface area contributed by atoms with Gasteiger partial charge in [-0.05, 0) is 43.0 Å². The molecule has 3 rings (SSSR count). The number of quaternary nitrogens is 1. The van der Waals surface area contributed by atoms with Crippen molar-refractivity contribution in [2.75, 3.05) is 31.5 Å². The fraction of sp³-hybridized carbons (Fsp3) is 0.435. The number of nitrogens with one attached hydrogen (secondary N) is 2. The molecule has 2 N–H and O–H groups in total. The third-order valence-corrected chi connectivity index (χ3v) is 7.84. The zero-order chi connectivity index (χ0) is 21.9. The Balaban J connectivity index is 1.65. The van der Waals surface area contributed by atoms with Crippen molar-refractivity contribution in [2.24, 2.45) is 0 Å². The molecule has 0 bridgehead atoms. The fourth-order valence-electron chi connectivity index (χ4n) is 3.95. The lowest BCUT2D eigenvalue weighted by Gasteiger charge is -2.34. The van der Waals surface area contributed by atoms with Crippen LogP contribution in [-0.2, 0) is 14.8 Å². The number of amides is 1. The lowest BCUT2D eigenvalue weighted by molar-refractivity contribution is -0.917. The van der Waals surface area contributed by atoms with Crippen molar-refractivity contribution < 1.29 is 18.1 Å². The number of carbonyl (C=O) groups is 1. The zero-order valence-corrected chi connectivity index (χ0v) is 19.0. The van der Waals surface area contributed by atoms with Crippen molar-refractivity contribution in [3.8, 4) is 0 Å². The van der Waals surface area contributed by atoms with Crippen LogP contribution in [0.1, 0.15) is 37.8 Å². The van der Waals surface area contributed by atoms with Crippen LogP contribution < -0.4 is 10.2 Å². The molecule has 7 heteroatoms. The molecular formula is C23H32N3O3S+. The minimum atomic E-state index is -3.48. The van der Waals surface area contributed by atoms with E-state index in [1.54, 1.807) is 30.3 Å². The van der Waals surface area contributed by atoms with E-state index in [1.807, 2.05) is 26.0 Å². The smallest absolute Gasteiger partial charge is 0.282 e. The molecule has 1 aliphatic heterocycles. The van der Waals surface area contributed by atoms with E-state index in [1.165, 1.54) is 4.31 Å². The summed E-state index contributed by atoms with van der Waals surface area (Å²) in [4.78, 5) is 14.4. The van der Waals surface area contributed by atoms with Gasteiger partial charge in [0.05, 0.1) is 31.1 Å². The van der Waals surface area contributed by atoms with Gasteiger partial charge in [0.25, 0.3) is 5.91 Å². The average molecular weight is 431 g/mol. The van der Waals surface area contributed by atoms with Crippen LogP contribution in [0.4, 0.5) is 5.69 Å². The monoisotopic (exact) mass is 430 g/mol. The highest BCUT2D eigenvalue weighted by molar-refractivity contribution is 7.89. The summed E-state index contributed by atoms with van der Waals surface area (Å²) in [6.45, 7) is 10.2. The number of piperazine rings is 1. The summed E-state index contributed by atoms with van der Waals surface area (Å²) in [7, 11) is -3.48. The predicted molar refractivity (Wildman–Crippen MR) is 119 cm³/mol. The number of hydrogen-bond acceptors (Lipinski definition) is 3. The summed E-state index contributed by atoms with van der Waals surface area (Å²) in [5.41, 5.74) is 3.08. The number of anilines is 1. The molecule has 2 aromatic carbocycles. The summed E-state index contributed by atoms with van der Waals surface area (Å²) in [6.07, 6.45) is 0. The molecule has 30 heavy (non-hydrogen) atoms. The minimum Gasteiger partial charge on any atom is -0.323 e. The highest BCUT2D eigenvalue weighted by Gasteiger charge is 2.34. The third-order valence-electron chi connectivity index (χ3n) is 5.93. The molecule has 0 saturated carbocycles. The molecule has 1 atom stereocenters. The van der Waals surface area contributed by atoms with Crippen molar-refractivity contribution >= 4 is 21.6 Å². The van der Waals surface area contributed by atoms with Gasteiger partial charge in [-0.15, -0.1) is 0 Å². The quantitative estimate of drug-likeness (QED) is 0.737. The van der Waals surface area contributed by atoms with Gasteiger partial charge in [0, 0.05) is 5.69 Å². The molecular weight excluding hydrogens is 398 g/mol. The van der Waals surface area contributed by atoms with E-state index in [2.05, 4.69) is 25.2 Å². The number of para-hydroxylation sites is 1. The summed E-state index contributed by atoms with van der Waals surface area (Å²) in [5, 5.41) is 3.13. The van der Waals surface area contributed by atoms with Gasteiger partial charge in [0.15, 0.2) is 6.04 Å². The number of carbonyl (C=O) groups excluding carboxylic acids is 1. The van der Waals surface area contributed by atoms with Crippen LogP contribution in [0.25, 0.3) is 0 Å². The van der Waals surface area contributed by atoms with E-state index in [0.29, 0.717) is 37.0 Å². The second-order valence-electron chi connectivity index (χ2n) is 8.28. The molecule has 0 aromatic heterocycles. The van der Waals surface area contributed by atoms with Crippen LogP contribution in [0.3, 0.4) is 0 Å². The molecule has 1 saturated heterocycles. The predicted octanol–water partition coefficient (Wildman–Crippen LogP) is 2.03. The Morgan fingerprint density at radius 2 is 1.63 bits per heavy atom. The number of rotatable bonds is 6. The van der Waals surface area contributed by atoms with Gasteiger partial charge in [-0.2, -0.15) is 4.31 Å². The van der Waals surface area contributed by atoms with Crippen molar-refractivity contribution in [2.45, 2.75) is 44.6 Å². The number of hydrogen-bond donors (Lipinski definition) is 2. The molecule has 0 spiro atoms. The Labute approximate surface area is 179 Å². The van der Waals surface area contributed by atoms with Crippen LogP contribution in [0.2, 0.25) is 0 Å². The molecule has 1 amide bonds. The van der Waals surface area contributed by atoms with E-state index in [9.17, 15) is 13.2 Å². The number of sulfonamides is 1. The second-order valence-corrected chi connectivity index (χ2v) is 10.2. The Bertz CT molecular complexity index is 982. The molecule has 1 aliphatic rings. The van der Waals surface area contributed by atoms with Crippen LogP contribution in [-0.4, -0.2) is 50.9 Å². The summed E-state index contributed by atoms with van der Waals surface area (Å²) in [5.74, 6) is 0.287. The first-order valence-electron chi connectivity index (χ1n) is 10.5. The van der Waals surface area contributed by atoms with E-state index >= 15 is 0 Å². The number of nitrogens with zero attached hydrogens (tertiary/aromatic N) is 1. The molecule has 162 valence electrons. The lowest BCUT2D eigenvalue weighted by Crippen LogP contribution is -3.19. The van der Waals surface area contributed by atoms with E-state index in [4.69, 9.17) is 0 Å². The van der Waals surface area contributed by atoms with Crippen molar-refractivity contribution in [3.63, 3.8) is 0 Å². The molecule has 1 heterocycles. The summed E-state index contributed by atoms with van der Waals surface area (Å²) in [6, 6.07) is 14.3. The Morgan fingerprint density at radius 3 is 2.23 bits per heavy atom. The molecule has 0 aliphatic carbocycles. The van der Waals surface area contributed by atoms with Gasteiger partial charge in [-0.3, -0.25) is 4.79 Å². The maximum atomic E-state index is 13.0. The zero-order valence-electron chi connectivity index (χ0n) is 18.2. The average Bonchev–Trinajstić information content (AvgIpc) is 2.75. The lowest BCUT2D eigenvalue weighted by atomic mass is 9.98. The first-order valence-corrected chi connectivity index (χ1v) is 12.0. The van der Waals surface area contributed by atoms with Crippen LogP contribution in [0.5, 0.6) is 0 Å². The Morgan fingerprint density at radius 1 is 1.00 bits per heavy atom. The van der Waals surface area contributed by atoms with Gasteiger partial charge in [-0.1, -0.05) is 50.2 Å². The highest BCUT2D eigenvalue weighted by atomic mass is 32.2. The number of benzene rings is 2. The van der Waals surface area contributed by atoms with E-state index in [-0.39, 0.29) is 11.9 Å². The Hall–Kier alpha value is -2.22. The molecule has 1 fully saturated rings. The topological polar surface area (TPSA) is 70.9 Å². The van der Waals surface area contributed by atoms with Crippen LogP contribution in [0.15, 0.2) is 53.4 Å². The van der Waals surface area contributed by atoms with Gasteiger partial charge in [0.2, 0.25) is 10.0 Å². The van der Waals surface area contributed by atoms with Crippen molar-refractivity contribution in [1.82, 2.24) is 4.31 Å². The highest BCUT2D eigenvalue weighted by Crippen LogP contribution is 2.27. The number of aryl methyl sites for hydroxylation is 1. The molecule has 0 unspecified atom stereocenters. The van der Waals surface area contributed by atoms with Gasteiger partial charge in [-0.25, -0.2) is 8.42 Å². The molecule has 6 nitrogen and oxygen atoms in total. The maximum Gasteiger partial charge on any atom is 0.282 e. The SMILES string of the molecule is Cc1cccc(C(C)C)c1NC(=O)[C@H](C)[NH+]1CCN(S(=O)(=O)c2ccccc2)CC1. The van der Waals surface area contributed by atoms with Crippen LogP contribution >= 0.6 is 0 Å². The second kappa shape index (κ2) is 9.29. The van der Waals surface area contributed by atoms with Crippen LogP contribution in [0, 0.1) is 6.92 Å². The Kier molecular flexibility index (Phi) is 6.95. The van der Waals surface area contributed by atoms with Crippen molar-refractivity contribution in [3.05, 3.63) is 59.7 Å². The van der Waals surface area contributed by atoms with E-state index < -0.39 is 10.0 Å². The van der Waals surface area contributed by atoms with Gasteiger partial charge >= 0.3 is 0 Å². The fourth-order valence-corrected chi connectivity index (χ4v) is 5.41. The first-order chi connectivity index (χ1) is 14.2. The summed E-state index contributed by atoms with van der Waals surface area (Å²) >= 11 is 0. The van der Waals surface area contributed by atoms with Gasteiger partial charge < -0.3 is 10.2 Å². The third kappa shape index (κ3) is 4.74. The molecule has 2 aromatic rings. The first kappa shape index (κ1) is 22.5. The van der Waals surface area contributed by atoms with Crippen molar-refractivity contribution in [1.29, 1.82) is 0 Å². The molecule has 0 radical (unpaired) electrons. The summed E-state index contributed by atoms with van der Waals surface area (Å²) < 4.78 is 27.2.